The van der Waals surface area contributed by atoms with E-state index in [0.29, 0.717) is 17.4 Å². The molecule has 178 valence electrons. The number of nitrogens with zero attached hydrogens (tertiary/aromatic N) is 1. The average molecular weight is 433 g/mol. The SMILES string of the molecule is CCN(CC)CCCNC(=O)OC1CC[C@@]2(C)C(CC[C@@H]3[C@H]2CC[C@]2(C)CCC[C@@H]32)C1. The lowest BCUT2D eigenvalue weighted by Crippen LogP contribution is -2.53. The number of rotatable bonds is 7. The van der Waals surface area contributed by atoms with Crippen LogP contribution in [0, 0.1) is 34.5 Å². The summed E-state index contributed by atoms with van der Waals surface area (Å²) in [5.41, 5.74) is 1.13. The monoisotopic (exact) mass is 432 g/mol. The normalized spacial score (nSPS) is 41.9. The molecule has 1 N–H and O–H groups in total. The Bertz CT molecular complexity index is 620. The largest absolute Gasteiger partial charge is 0.446 e. The van der Waals surface area contributed by atoms with E-state index in [1.807, 2.05) is 0 Å². The third kappa shape index (κ3) is 4.66. The summed E-state index contributed by atoms with van der Waals surface area (Å²) < 4.78 is 5.90. The third-order valence-electron chi connectivity index (χ3n) is 10.5. The molecule has 2 unspecified atom stereocenters. The maximum Gasteiger partial charge on any atom is 0.407 e. The van der Waals surface area contributed by atoms with Gasteiger partial charge in [0.2, 0.25) is 0 Å². The second kappa shape index (κ2) is 9.61. The van der Waals surface area contributed by atoms with Gasteiger partial charge >= 0.3 is 6.09 Å². The van der Waals surface area contributed by atoms with Crippen molar-refractivity contribution in [2.45, 2.75) is 104 Å². The molecule has 4 aliphatic carbocycles. The van der Waals surface area contributed by atoms with Crippen molar-refractivity contribution in [1.82, 2.24) is 10.2 Å². The number of amides is 1. The number of alkyl carbamates (subject to hydrolysis) is 1. The van der Waals surface area contributed by atoms with E-state index in [2.05, 4.69) is 37.9 Å². The molecule has 4 fully saturated rings. The van der Waals surface area contributed by atoms with Crippen LogP contribution < -0.4 is 5.32 Å². The summed E-state index contributed by atoms with van der Waals surface area (Å²) in [7, 11) is 0. The van der Waals surface area contributed by atoms with Crippen LogP contribution in [0.5, 0.6) is 0 Å². The van der Waals surface area contributed by atoms with Crippen LogP contribution in [0.25, 0.3) is 0 Å². The number of carbonyl (C=O) groups excluding carboxylic acids is 1. The molecule has 4 rings (SSSR count). The topological polar surface area (TPSA) is 41.6 Å². The molecular weight excluding hydrogens is 384 g/mol. The van der Waals surface area contributed by atoms with E-state index in [4.69, 9.17) is 4.74 Å². The molecule has 4 saturated carbocycles. The minimum absolute atomic E-state index is 0.123. The van der Waals surface area contributed by atoms with E-state index in [9.17, 15) is 4.79 Å². The van der Waals surface area contributed by atoms with Crippen molar-refractivity contribution in [1.29, 1.82) is 0 Å². The van der Waals surface area contributed by atoms with Gasteiger partial charge in [-0.1, -0.05) is 34.1 Å². The third-order valence-corrected chi connectivity index (χ3v) is 10.5. The van der Waals surface area contributed by atoms with Gasteiger partial charge in [0.1, 0.15) is 6.10 Å². The van der Waals surface area contributed by atoms with Crippen LogP contribution >= 0.6 is 0 Å². The number of ether oxygens (including phenoxy) is 1. The van der Waals surface area contributed by atoms with E-state index < -0.39 is 0 Å². The van der Waals surface area contributed by atoms with Gasteiger partial charge in [-0.05, 0) is 118 Å². The fourth-order valence-corrected chi connectivity index (χ4v) is 8.54. The fraction of sp³-hybridized carbons (Fsp3) is 0.963. The second-order valence-corrected chi connectivity index (χ2v) is 11.9. The Morgan fingerprint density at radius 3 is 2.58 bits per heavy atom. The number of hydrogen-bond acceptors (Lipinski definition) is 3. The van der Waals surface area contributed by atoms with Crippen molar-refractivity contribution in [2.75, 3.05) is 26.2 Å². The van der Waals surface area contributed by atoms with Gasteiger partial charge in [0, 0.05) is 6.54 Å². The number of hydrogen-bond donors (Lipinski definition) is 1. The fourth-order valence-electron chi connectivity index (χ4n) is 8.54. The highest BCUT2D eigenvalue weighted by Crippen LogP contribution is 2.66. The Hall–Kier alpha value is -0.770. The quantitative estimate of drug-likeness (QED) is 0.484. The molecule has 0 aromatic carbocycles. The predicted octanol–water partition coefficient (Wildman–Crippen LogP) is 6.25. The van der Waals surface area contributed by atoms with Crippen LogP contribution in [0.1, 0.15) is 98.3 Å². The summed E-state index contributed by atoms with van der Waals surface area (Å²) in [4.78, 5) is 14.8. The van der Waals surface area contributed by atoms with Crippen molar-refractivity contribution >= 4 is 6.09 Å². The van der Waals surface area contributed by atoms with Gasteiger partial charge in [-0.3, -0.25) is 0 Å². The summed E-state index contributed by atoms with van der Waals surface area (Å²) in [6.45, 7) is 13.5. The van der Waals surface area contributed by atoms with Gasteiger partial charge < -0.3 is 15.0 Å². The molecule has 4 heteroatoms. The molecule has 7 atom stereocenters. The van der Waals surface area contributed by atoms with E-state index in [1.54, 1.807) is 0 Å². The van der Waals surface area contributed by atoms with Crippen LogP contribution in [0.4, 0.5) is 4.79 Å². The molecule has 4 aliphatic rings. The summed E-state index contributed by atoms with van der Waals surface area (Å²) in [5.74, 6) is 3.61. The number of carbonyl (C=O) groups is 1. The Labute approximate surface area is 191 Å². The van der Waals surface area contributed by atoms with Crippen LogP contribution in [-0.4, -0.2) is 43.3 Å². The molecule has 31 heavy (non-hydrogen) atoms. The lowest BCUT2D eigenvalue weighted by atomic mass is 9.45. The zero-order valence-corrected chi connectivity index (χ0v) is 20.8. The predicted molar refractivity (Wildman–Crippen MR) is 127 cm³/mol. The smallest absolute Gasteiger partial charge is 0.407 e. The van der Waals surface area contributed by atoms with Crippen LogP contribution in [0.15, 0.2) is 0 Å². The first-order valence-corrected chi connectivity index (χ1v) is 13.6. The average Bonchev–Trinajstić information content (AvgIpc) is 3.16. The molecule has 0 spiro atoms. The molecule has 0 heterocycles. The Morgan fingerprint density at radius 2 is 1.81 bits per heavy atom. The van der Waals surface area contributed by atoms with Gasteiger partial charge in [-0.2, -0.15) is 0 Å². The standard InChI is InChI=1S/C27H48N2O2/c1-5-29(6-2)18-8-17-28-25(30)31-21-12-16-27(4)20(19-21)10-11-22-23-9-7-14-26(23,3)15-13-24(22)27/h20-24H,5-19H2,1-4H3,(H,28,30)/t20?,21?,22-,23-,24+,26-,27-/m0/s1. The molecule has 0 aromatic rings. The Kier molecular flexibility index (Phi) is 7.25. The van der Waals surface area contributed by atoms with Gasteiger partial charge in [0.05, 0.1) is 0 Å². The van der Waals surface area contributed by atoms with Crippen molar-refractivity contribution in [2.24, 2.45) is 34.5 Å². The zero-order chi connectivity index (χ0) is 22.1. The molecule has 0 aromatic heterocycles. The highest BCUT2D eigenvalue weighted by Gasteiger charge is 2.58. The zero-order valence-electron chi connectivity index (χ0n) is 20.8. The van der Waals surface area contributed by atoms with Gasteiger partial charge in [0.15, 0.2) is 0 Å². The molecule has 0 bridgehead atoms. The van der Waals surface area contributed by atoms with E-state index in [-0.39, 0.29) is 12.2 Å². The van der Waals surface area contributed by atoms with Crippen molar-refractivity contribution in [3.05, 3.63) is 0 Å². The molecule has 0 aliphatic heterocycles. The highest BCUT2D eigenvalue weighted by molar-refractivity contribution is 5.67. The van der Waals surface area contributed by atoms with Crippen molar-refractivity contribution < 1.29 is 9.53 Å². The minimum atomic E-state index is -0.193. The summed E-state index contributed by atoms with van der Waals surface area (Å²) in [5, 5.41) is 3.00. The minimum Gasteiger partial charge on any atom is -0.446 e. The molecule has 4 nitrogen and oxygen atoms in total. The molecule has 0 radical (unpaired) electrons. The van der Waals surface area contributed by atoms with Crippen molar-refractivity contribution in [3.63, 3.8) is 0 Å². The molecule has 1 amide bonds. The van der Waals surface area contributed by atoms with Crippen LogP contribution in [0.3, 0.4) is 0 Å². The first-order chi connectivity index (χ1) is 14.9. The van der Waals surface area contributed by atoms with Crippen LogP contribution in [0.2, 0.25) is 0 Å². The number of fused-ring (bicyclic) bond motifs is 5. The second-order valence-electron chi connectivity index (χ2n) is 11.9. The van der Waals surface area contributed by atoms with Crippen molar-refractivity contribution in [3.8, 4) is 0 Å². The van der Waals surface area contributed by atoms with Crippen LogP contribution in [-0.2, 0) is 4.74 Å². The first-order valence-electron chi connectivity index (χ1n) is 13.6. The molecular formula is C27H48N2O2. The van der Waals surface area contributed by atoms with Gasteiger partial charge in [-0.25, -0.2) is 4.79 Å². The maximum absolute atomic E-state index is 12.4. The molecule has 0 saturated heterocycles. The maximum atomic E-state index is 12.4. The lowest BCUT2D eigenvalue weighted by Gasteiger charge is -2.60. The summed E-state index contributed by atoms with van der Waals surface area (Å²) in [6.07, 6.45) is 14.4. The van der Waals surface area contributed by atoms with E-state index >= 15 is 0 Å². The van der Waals surface area contributed by atoms with E-state index in [0.717, 1.165) is 62.6 Å². The summed E-state index contributed by atoms with van der Waals surface area (Å²) >= 11 is 0. The Morgan fingerprint density at radius 1 is 1.00 bits per heavy atom. The first kappa shape index (κ1) is 23.4. The van der Waals surface area contributed by atoms with E-state index in [1.165, 1.54) is 51.4 Å². The van der Waals surface area contributed by atoms with Gasteiger partial charge in [0.25, 0.3) is 0 Å². The number of nitrogens with one attached hydrogen (secondary N) is 1. The summed E-state index contributed by atoms with van der Waals surface area (Å²) in [6, 6.07) is 0. The van der Waals surface area contributed by atoms with Gasteiger partial charge in [-0.15, -0.1) is 0 Å². The Balaban J connectivity index is 1.26. The lowest BCUT2D eigenvalue weighted by molar-refractivity contribution is -0.121. The highest BCUT2D eigenvalue weighted by atomic mass is 16.6.